The first kappa shape index (κ1) is 15.2. The van der Waals surface area contributed by atoms with E-state index in [1.807, 2.05) is 37.3 Å². The average Bonchev–Trinajstić information content (AvgIpc) is 3.25. The number of hydrogen-bond acceptors (Lipinski definition) is 4. The van der Waals surface area contributed by atoms with Gasteiger partial charge in [0.1, 0.15) is 5.52 Å². The number of nitrogens with zero attached hydrogens (tertiary/aromatic N) is 5. The van der Waals surface area contributed by atoms with Crippen LogP contribution in [0.15, 0.2) is 47.6 Å². The molecule has 7 heteroatoms. The van der Waals surface area contributed by atoms with E-state index < -0.39 is 5.82 Å². The van der Waals surface area contributed by atoms with Gasteiger partial charge in [0, 0.05) is 18.6 Å². The lowest BCUT2D eigenvalue weighted by Crippen LogP contribution is -1.97. The molecule has 4 aromatic rings. The quantitative estimate of drug-likeness (QED) is 0.583. The minimum atomic E-state index is -0.400. The van der Waals surface area contributed by atoms with Crippen LogP contribution in [0.4, 0.5) is 4.39 Å². The Morgan fingerprint density at radius 1 is 1.28 bits per heavy atom. The number of rotatable bonds is 3. The number of nitrogens with one attached hydrogen (secondary N) is 1. The second-order valence-electron chi connectivity index (χ2n) is 5.73. The third-order valence-electron chi connectivity index (χ3n) is 4.10. The first-order chi connectivity index (χ1) is 12.2. The Morgan fingerprint density at radius 3 is 3.00 bits per heavy atom. The molecule has 0 saturated heterocycles. The summed E-state index contributed by atoms with van der Waals surface area (Å²) in [6.45, 7) is 1.91. The van der Waals surface area contributed by atoms with Crippen LogP contribution in [0.5, 0.6) is 0 Å². The zero-order chi connectivity index (χ0) is 17.4. The fraction of sp³-hybridized carbons (Fsp3) is 0.111. The molecule has 6 nitrogen and oxygen atoms in total. The van der Waals surface area contributed by atoms with Crippen LogP contribution in [-0.4, -0.2) is 38.5 Å². The van der Waals surface area contributed by atoms with E-state index in [-0.39, 0.29) is 5.52 Å². The van der Waals surface area contributed by atoms with Crippen LogP contribution in [-0.2, 0) is 0 Å². The van der Waals surface area contributed by atoms with Crippen molar-refractivity contribution in [3.8, 4) is 5.69 Å². The van der Waals surface area contributed by atoms with Gasteiger partial charge >= 0.3 is 0 Å². The number of aliphatic imine (C=N–C) groups is 1. The molecule has 0 fully saturated rings. The number of aromatic nitrogens is 5. The van der Waals surface area contributed by atoms with Gasteiger partial charge in [0.25, 0.3) is 0 Å². The maximum absolute atomic E-state index is 14.5. The highest BCUT2D eigenvalue weighted by molar-refractivity contribution is 5.88. The lowest BCUT2D eigenvalue weighted by atomic mass is 10.1. The van der Waals surface area contributed by atoms with E-state index in [4.69, 9.17) is 0 Å². The summed E-state index contributed by atoms with van der Waals surface area (Å²) in [6, 6.07) is 9.10. The average molecular weight is 334 g/mol. The number of H-pyrrole nitrogens is 1. The first-order valence-electron chi connectivity index (χ1n) is 7.75. The second-order valence-corrected chi connectivity index (χ2v) is 5.73. The molecule has 0 aliphatic heterocycles. The molecule has 0 spiro atoms. The molecule has 1 N–H and O–H groups in total. The molecule has 0 bridgehead atoms. The summed E-state index contributed by atoms with van der Waals surface area (Å²) in [7, 11) is 1.69. The highest BCUT2D eigenvalue weighted by atomic mass is 19.1. The molecular formula is C18H15FN6. The van der Waals surface area contributed by atoms with E-state index in [9.17, 15) is 4.39 Å². The molecule has 0 radical (unpaired) electrons. The molecule has 0 aliphatic carbocycles. The Morgan fingerprint density at radius 2 is 2.16 bits per heavy atom. The molecule has 0 amide bonds. The highest BCUT2D eigenvalue weighted by Crippen LogP contribution is 2.25. The molecule has 2 aromatic heterocycles. The van der Waals surface area contributed by atoms with Gasteiger partial charge in [-0.1, -0.05) is 5.21 Å². The third-order valence-corrected chi connectivity index (χ3v) is 4.10. The number of allylic oxidation sites excluding steroid dienone is 2. The Balaban J connectivity index is 1.91. The van der Waals surface area contributed by atoms with Gasteiger partial charge in [0.2, 0.25) is 0 Å². The molecule has 0 unspecified atom stereocenters. The van der Waals surface area contributed by atoms with Crippen LogP contribution in [0.2, 0.25) is 0 Å². The largest absolute Gasteiger partial charge is 0.297 e. The van der Waals surface area contributed by atoms with E-state index >= 15 is 0 Å². The smallest absolute Gasteiger partial charge is 0.153 e. The number of hydrogen-bond donors (Lipinski definition) is 1. The van der Waals surface area contributed by atoms with Gasteiger partial charge in [0.05, 0.1) is 22.9 Å². The zero-order valence-electron chi connectivity index (χ0n) is 13.7. The highest BCUT2D eigenvalue weighted by Gasteiger charge is 2.14. The lowest BCUT2D eigenvalue weighted by molar-refractivity contribution is 0.635. The predicted octanol–water partition coefficient (Wildman–Crippen LogP) is 3.54. The second kappa shape index (κ2) is 5.94. The third kappa shape index (κ3) is 2.59. The lowest BCUT2D eigenvalue weighted by Gasteiger charge is -2.05. The SMILES string of the molecule is CN=C/C=C(\C)c1cc(F)c2nnn(-c3ccc4cn[nH]c4c3)c2c1. The minimum absolute atomic E-state index is 0.241. The molecule has 0 saturated carbocycles. The van der Waals surface area contributed by atoms with Gasteiger partial charge in [0.15, 0.2) is 5.82 Å². The molecule has 124 valence electrons. The monoisotopic (exact) mass is 334 g/mol. The van der Waals surface area contributed by atoms with Crippen LogP contribution < -0.4 is 0 Å². The Labute approximate surface area is 142 Å². The van der Waals surface area contributed by atoms with E-state index in [0.717, 1.165) is 27.7 Å². The van der Waals surface area contributed by atoms with Crippen LogP contribution in [0.1, 0.15) is 12.5 Å². The van der Waals surface area contributed by atoms with Gasteiger partial charge in [-0.15, -0.1) is 5.10 Å². The summed E-state index contributed by atoms with van der Waals surface area (Å²) in [6.07, 6.45) is 5.27. The summed E-state index contributed by atoms with van der Waals surface area (Å²) >= 11 is 0. The van der Waals surface area contributed by atoms with Crippen molar-refractivity contribution in [3.05, 3.63) is 54.0 Å². The summed E-state index contributed by atoms with van der Waals surface area (Å²) in [4.78, 5) is 3.93. The molecular weight excluding hydrogens is 319 g/mol. The van der Waals surface area contributed by atoms with Crippen molar-refractivity contribution in [2.24, 2.45) is 4.99 Å². The van der Waals surface area contributed by atoms with Crippen LogP contribution in [0.3, 0.4) is 0 Å². The Hall–Kier alpha value is -3.35. The molecule has 25 heavy (non-hydrogen) atoms. The van der Waals surface area contributed by atoms with E-state index in [1.54, 1.807) is 24.1 Å². The first-order valence-corrected chi connectivity index (χ1v) is 7.75. The number of benzene rings is 2. The Kier molecular flexibility index (Phi) is 3.61. The summed E-state index contributed by atoms with van der Waals surface area (Å²) < 4.78 is 16.1. The summed E-state index contributed by atoms with van der Waals surface area (Å²) in [5, 5.41) is 16.1. The fourth-order valence-corrected chi connectivity index (χ4v) is 2.74. The van der Waals surface area contributed by atoms with Gasteiger partial charge in [-0.25, -0.2) is 9.07 Å². The van der Waals surface area contributed by atoms with Gasteiger partial charge < -0.3 is 0 Å². The maximum Gasteiger partial charge on any atom is 0.153 e. The minimum Gasteiger partial charge on any atom is -0.297 e. The molecule has 0 atom stereocenters. The zero-order valence-corrected chi connectivity index (χ0v) is 13.7. The van der Waals surface area contributed by atoms with E-state index in [1.165, 1.54) is 6.07 Å². The number of fused-ring (bicyclic) bond motifs is 2. The number of aromatic amines is 1. The van der Waals surface area contributed by atoms with Gasteiger partial charge in [-0.3, -0.25) is 10.1 Å². The van der Waals surface area contributed by atoms with Crippen molar-refractivity contribution in [1.29, 1.82) is 0 Å². The fourth-order valence-electron chi connectivity index (χ4n) is 2.74. The van der Waals surface area contributed by atoms with E-state index in [2.05, 4.69) is 25.5 Å². The summed E-state index contributed by atoms with van der Waals surface area (Å²) in [5.74, 6) is -0.400. The molecule has 2 heterocycles. The van der Waals surface area contributed by atoms with Crippen molar-refractivity contribution in [1.82, 2.24) is 25.2 Å². The number of halogens is 1. The molecule has 2 aromatic carbocycles. The Bertz CT molecular complexity index is 1140. The maximum atomic E-state index is 14.5. The standard InChI is InChI=1S/C18H15FN6/c1-11(5-6-20-2)13-7-15(19)18-17(8-13)25(24-23-18)14-4-3-12-10-21-22-16(12)9-14/h3-10H,1-2H3,(H,21,22)/b11-5+,20-6?. The van der Waals surface area contributed by atoms with E-state index in [0.29, 0.717) is 5.52 Å². The van der Waals surface area contributed by atoms with Gasteiger partial charge in [-0.05, 0) is 54.5 Å². The van der Waals surface area contributed by atoms with Crippen molar-refractivity contribution < 1.29 is 4.39 Å². The van der Waals surface area contributed by atoms with Crippen LogP contribution in [0.25, 0.3) is 33.2 Å². The van der Waals surface area contributed by atoms with Crippen molar-refractivity contribution in [2.45, 2.75) is 6.92 Å². The topological polar surface area (TPSA) is 71.8 Å². The molecule has 4 rings (SSSR count). The van der Waals surface area contributed by atoms with Crippen LogP contribution in [0, 0.1) is 5.82 Å². The normalized spacial score (nSPS) is 12.7. The predicted molar refractivity (Wildman–Crippen MR) is 96.5 cm³/mol. The van der Waals surface area contributed by atoms with Gasteiger partial charge in [-0.2, -0.15) is 5.10 Å². The van der Waals surface area contributed by atoms with Crippen LogP contribution >= 0.6 is 0 Å². The van der Waals surface area contributed by atoms with Crippen molar-refractivity contribution in [2.75, 3.05) is 7.05 Å². The molecule has 0 aliphatic rings. The van der Waals surface area contributed by atoms with Crippen molar-refractivity contribution >= 4 is 33.7 Å². The summed E-state index contributed by atoms with van der Waals surface area (Å²) in [5.41, 5.74) is 4.18. The van der Waals surface area contributed by atoms with Crippen molar-refractivity contribution in [3.63, 3.8) is 0 Å².